The van der Waals surface area contributed by atoms with E-state index >= 15 is 0 Å². The quantitative estimate of drug-likeness (QED) is 0.851. The first-order chi connectivity index (χ1) is 10.1. The number of nitrogens with zero attached hydrogens (tertiary/aromatic N) is 1. The summed E-state index contributed by atoms with van der Waals surface area (Å²) in [6.45, 7) is 1.03. The maximum atomic E-state index is 14.4. The number of alkyl halides is 2. The van der Waals surface area contributed by atoms with Crippen LogP contribution in [0.1, 0.15) is 5.56 Å². The van der Waals surface area contributed by atoms with Crippen LogP contribution < -0.4 is 0 Å². The van der Waals surface area contributed by atoms with E-state index in [1.165, 1.54) is 17.0 Å². The molecule has 5 heteroatoms. The predicted molar refractivity (Wildman–Crippen MR) is 75.2 cm³/mol. The molecule has 2 aromatic carbocycles. The molecule has 3 nitrogen and oxygen atoms in total. The van der Waals surface area contributed by atoms with Crippen molar-refractivity contribution in [3.05, 3.63) is 48.0 Å². The van der Waals surface area contributed by atoms with E-state index < -0.39 is 11.8 Å². The monoisotopic (exact) mass is 291 g/mol. The second-order valence-electron chi connectivity index (χ2n) is 5.04. The first-order valence-electron chi connectivity index (χ1n) is 6.83. The van der Waals surface area contributed by atoms with Gasteiger partial charge in [0.05, 0.1) is 13.2 Å². The highest BCUT2D eigenvalue weighted by atomic mass is 19.3. The number of hydrogen-bond donors (Lipinski definition) is 0. The third-order valence-electron chi connectivity index (χ3n) is 3.68. The fourth-order valence-corrected chi connectivity index (χ4v) is 2.47. The lowest BCUT2D eigenvalue weighted by Crippen LogP contribution is -2.47. The van der Waals surface area contributed by atoms with E-state index in [2.05, 4.69) is 0 Å². The summed E-state index contributed by atoms with van der Waals surface area (Å²) in [5.41, 5.74) is -0.266. The van der Waals surface area contributed by atoms with Gasteiger partial charge in [-0.3, -0.25) is 4.79 Å². The Kier molecular flexibility index (Phi) is 3.59. The average Bonchev–Trinajstić information content (AvgIpc) is 2.54. The van der Waals surface area contributed by atoms with Crippen molar-refractivity contribution >= 4 is 16.7 Å². The molecule has 0 radical (unpaired) electrons. The SMILES string of the molecule is O=C(N1CCOCC1)C(F)(F)c1ccc2ccccc2c1. The highest BCUT2D eigenvalue weighted by molar-refractivity contribution is 5.88. The van der Waals surface area contributed by atoms with Crippen molar-refractivity contribution in [3.8, 4) is 0 Å². The van der Waals surface area contributed by atoms with Gasteiger partial charge in [0.15, 0.2) is 0 Å². The summed E-state index contributed by atoms with van der Waals surface area (Å²) in [4.78, 5) is 13.2. The van der Waals surface area contributed by atoms with Crippen LogP contribution in [0, 0.1) is 0 Å². The molecule has 1 amide bonds. The van der Waals surface area contributed by atoms with Crippen LogP contribution in [-0.4, -0.2) is 37.1 Å². The summed E-state index contributed by atoms with van der Waals surface area (Å²) in [7, 11) is 0. The molecular weight excluding hydrogens is 276 g/mol. The van der Waals surface area contributed by atoms with Crippen LogP contribution >= 0.6 is 0 Å². The van der Waals surface area contributed by atoms with E-state index in [-0.39, 0.29) is 18.7 Å². The number of carbonyl (C=O) groups is 1. The molecule has 1 fully saturated rings. The highest BCUT2D eigenvalue weighted by Crippen LogP contribution is 2.32. The Morgan fingerprint density at radius 1 is 1.05 bits per heavy atom. The van der Waals surface area contributed by atoms with Gasteiger partial charge in [-0.25, -0.2) is 0 Å². The van der Waals surface area contributed by atoms with Gasteiger partial charge in [-0.15, -0.1) is 0 Å². The summed E-state index contributed by atoms with van der Waals surface area (Å²) in [6, 6.07) is 11.6. The van der Waals surface area contributed by atoms with Crippen molar-refractivity contribution in [2.75, 3.05) is 26.3 Å². The van der Waals surface area contributed by atoms with E-state index in [1.54, 1.807) is 18.2 Å². The maximum absolute atomic E-state index is 14.4. The van der Waals surface area contributed by atoms with Gasteiger partial charge in [0.2, 0.25) is 0 Å². The summed E-state index contributed by atoms with van der Waals surface area (Å²) < 4.78 is 33.9. The molecule has 110 valence electrons. The van der Waals surface area contributed by atoms with Crippen molar-refractivity contribution in [3.63, 3.8) is 0 Å². The molecule has 1 aliphatic rings. The third kappa shape index (κ3) is 2.61. The van der Waals surface area contributed by atoms with Gasteiger partial charge in [0.25, 0.3) is 5.91 Å². The molecule has 0 aliphatic carbocycles. The lowest BCUT2D eigenvalue weighted by molar-refractivity contribution is -0.163. The lowest BCUT2D eigenvalue weighted by Gasteiger charge is -2.30. The second kappa shape index (κ2) is 5.41. The molecule has 1 saturated heterocycles. The third-order valence-corrected chi connectivity index (χ3v) is 3.68. The average molecular weight is 291 g/mol. The number of benzene rings is 2. The summed E-state index contributed by atoms with van der Waals surface area (Å²) in [6.07, 6.45) is 0. The van der Waals surface area contributed by atoms with E-state index in [9.17, 15) is 13.6 Å². The smallest absolute Gasteiger partial charge is 0.349 e. The lowest BCUT2D eigenvalue weighted by atomic mass is 10.0. The van der Waals surface area contributed by atoms with Gasteiger partial charge in [0, 0.05) is 18.7 Å². The Morgan fingerprint density at radius 3 is 2.43 bits per heavy atom. The van der Waals surface area contributed by atoms with Crippen LogP contribution in [-0.2, 0) is 15.5 Å². The minimum absolute atomic E-state index is 0.210. The van der Waals surface area contributed by atoms with E-state index in [4.69, 9.17) is 4.74 Å². The van der Waals surface area contributed by atoms with Gasteiger partial charge >= 0.3 is 5.92 Å². The number of ether oxygens (including phenoxy) is 1. The van der Waals surface area contributed by atoms with Crippen molar-refractivity contribution in [2.45, 2.75) is 5.92 Å². The maximum Gasteiger partial charge on any atom is 0.349 e. The topological polar surface area (TPSA) is 29.5 Å². The first kappa shape index (κ1) is 13.9. The van der Waals surface area contributed by atoms with E-state index in [0.29, 0.717) is 18.6 Å². The molecule has 0 atom stereocenters. The molecule has 0 spiro atoms. The molecule has 2 aromatic rings. The fourth-order valence-electron chi connectivity index (χ4n) is 2.47. The van der Waals surface area contributed by atoms with Gasteiger partial charge in [0.1, 0.15) is 0 Å². The Labute approximate surface area is 121 Å². The number of carbonyl (C=O) groups excluding carboxylic acids is 1. The van der Waals surface area contributed by atoms with Gasteiger partial charge in [-0.1, -0.05) is 36.4 Å². The van der Waals surface area contributed by atoms with Crippen molar-refractivity contribution in [2.24, 2.45) is 0 Å². The minimum Gasteiger partial charge on any atom is -0.378 e. The normalized spacial score (nSPS) is 16.2. The number of rotatable bonds is 2. The van der Waals surface area contributed by atoms with Crippen LogP contribution in [0.15, 0.2) is 42.5 Å². The fraction of sp³-hybridized carbons (Fsp3) is 0.312. The molecule has 1 aliphatic heterocycles. The van der Waals surface area contributed by atoms with Crippen molar-refractivity contribution < 1.29 is 18.3 Å². The highest BCUT2D eigenvalue weighted by Gasteiger charge is 2.44. The Bertz CT molecular complexity index is 666. The number of fused-ring (bicyclic) bond motifs is 1. The zero-order valence-electron chi connectivity index (χ0n) is 11.4. The molecule has 0 N–H and O–H groups in total. The van der Waals surface area contributed by atoms with Crippen molar-refractivity contribution in [1.29, 1.82) is 0 Å². The summed E-state index contributed by atoms with van der Waals surface area (Å²) in [5, 5.41) is 1.57. The molecule has 0 aromatic heterocycles. The Balaban J connectivity index is 1.92. The van der Waals surface area contributed by atoms with Crippen molar-refractivity contribution in [1.82, 2.24) is 4.90 Å². The molecule has 0 saturated carbocycles. The number of morpholine rings is 1. The number of hydrogen-bond acceptors (Lipinski definition) is 2. The molecule has 0 unspecified atom stereocenters. The largest absolute Gasteiger partial charge is 0.378 e. The molecule has 21 heavy (non-hydrogen) atoms. The Morgan fingerprint density at radius 2 is 1.71 bits per heavy atom. The van der Waals surface area contributed by atoms with E-state index in [0.717, 1.165) is 5.39 Å². The summed E-state index contributed by atoms with van der Waals surface area (Å²) >= 11 is 0. The first-order valence-corrected chi connectivity index (χ1v) is 6.83. The summed E-state index contributed by atoms with van der Waals surface area (Å²) in [5.74, 6) is -4.66. The molecule has 3 rings (SSSR count). The molecular formula is C16H15F2NO2. The van der Waals surface area contributed by atoms with Crippen LogP contribution in [0.4, 0.5) is 8.78 Å². The van der Waals surface area contributed by atoms with Gasteiger partial charge < -0.3 is 9.64 Å². The molecule has 0 bridgehead atoms. The zero-order chi connectivity index (χ0) is 14.9. The van der Waals surface area contributed by atoms with Crippen LogP contribution in [0.3, 0.4) is 0 Å². The predicted octanol–water partition coefficient (Wildman–Crippen LogP) is 2.79. The van der Waals surface area contributed by atoms with Crippen LogP contribution in [0.5, 0.6) is 0 Å². The Hall–Kier alpha value is -2.01. The second-order valence-corrected chi connectivity index (χ2v) is 5.04. The zero-order valence-corrected chi connectivity index (χ0v) is 11.4. The number of amides is 1. The van der Waals surface area contributed by atoms with E-state index in [1.807, 2.05) is 12.1 Å². The van der Waals surface area contributed by atoms with Gasteiger partial charge in [-0.05, 0) is 16.8 Å². The van der Waals surface area contributed by atoms with Crippen LogP contribution in [0.2, 0.25) is 0 Å². The van der Waals surface area contributed by atoms with Crippen LogP contribution in [0.25, 0.3) is 10.8 Å². The van der Waals surface area contributed by atoms with Gasteiger partial charge in [-0.2, -0.15) is 8.78 Å². The molecule has 1 heterocycles. The number of halogens is 2. The minimum atomic E-state index is -3.51. The standard InChI is InChI=1S/C16H15F2NO2/c17-16(18,15(20)19-7-9-21-10-8-19)14-6-5-12-3-1-2-4-13(12)11-14/h1-6,11H,7-10H2.